The van der Waals surface area contributed by atoms with Gasteiger partial charge >= 0.3 is 0 Å². The highest BCUT2D eigenvalue weighted by atomic mass is 79.9. The molecule has 112 valence electrons. The van der Waals surface area contributed by atoms with Crippen LogP contribution in [-0.4, -0.2) is 18.9 Å². The van der Waals surface area contributed by atoms with Crippen molar-refractivity contribution in [1.29, 1.82) is 0 Å². The van der Waals surface area contributed by atoms with E-state index in [4.69, 9.17) is 10.5 Å². The van der Waals surface area contributed by atoms with Gasteiger partial charge in [-0.05, 0) is 46.1 Å². The van der Waals surface area contributed by atoms with Crippen LogP contribution in [0.5, 0.6) is 5.75 Å². The second-order valence-corrected chi connectivity index (χ2v) is 6.56. The Balaban J connectivity index is 1.96. The minimum atomic E-state index is -0.318. The second kappa shape index (κ2) is 7.82. The third kappa shape index (κ3) is 4.46. The van der Waals surface area contributed by atoms with Gasteiger partial charge < -0.3 is 10.5 Å². The lowest BCUT2D eigenvalue weighted by Crippen LogP contribution is -2.26. The van der Waals surface area contributed by atoms with Crippen LogP contribution >= 0.6 is 27.7 Å². The maximum Gasteiger partial charge on any atom is 0.168 e. The summed E-state index contributed by atoms with van der Waals surface area (Å²) in [7, 11) is 1.46. The number of halogens is 2. The van der Waals surface area contributed by atoms with E-state index in [2.05, 4.69) is 15.9 Å². The Morgan fingerprint density at radius 3 is 2.71 bits per heavy atom. The first-order valence-electron chi connectivity index (χ1n) is 6.56. The van der Waals surface area contributed by atoms with Gasteiger partial charge in [0.05, 0.1) is 7.11 Å². The lowest BCUT2D eigenvalue weighted by Gasteiger charge is -2.13. The standard InChI is InChI=1S/C16H17BrFNOS/c1-20-14-7-4-5-11(16(14)18)9-12(19)10-21-15-8-3-2-6-13(15)17/h2-8,12H,9-10,19H2,1H3. The van der Waals surface area contributed by atoms with Crippen molar-refractivity contribution in [3.05, 3.63) is 58.3 Å². The van der Waals surface area contributed by atoms with Gasteiger partial charge in [-0.15, -0.1) is 11.8 Å². The van der Waals surface area contributed by atoms with Crippen molar-refractivity contribution < 1.29 is 9.13 Å². The highest BCUT2D eigenvalue weighted by Gasteiger charge is 2.12. The summed E-state index contributed by atoms with van der Waals surface area (Å²) in [5.41, 5.74) is 6.71. The molecule has 21 heavy (non-hydrogen) atoms. The SMILES string of the molecule is COc1cccc(CC(N)CSc2ccccc2Br)c1F. The molecular formula is C16H17BrFNOS. The van der Waals surface area contributed by atoms with Crippen LogP contribution < -0.4 is 10.5 Å². The monoisotopic (exact) mass is 369 g/mol. The van der Waals surface area contributed by atoms with Crippen LogP contribution in [-0.2, 0) is 6.42 Å². The molecule has 0 fully saturated rings. The first-order valence-corrected chi connectivity index (χ1v) is 8.34. The van der Waals surface area contributed by atoms with Crippen LogP contribution in [0.15, 0.2) is 51.8 Å². The average molecular weight is 370 g/mol. The fraction of sp³-hybridized carbons (Fsp3) is 0.250. The van der Waals surface area contributed by atoms with Gasteiger partial charge in [-0.1, -0.05) is 24.3 Å². The predicted molar refractivity (Wildman–Crippen MR) is 89.5 cm³/mol. The van der Waals surface area contributed by atoms with Crippen molar-refractivity contribution in [1.82, 2.24) is 0 Å². The Bertz CT molecular complexity index is 609. The number of ether oxygens (including phenoxy) is 1. The minimum Gasteiger partial charge on any atom is -0.494 e. The van der Waals surface area contributed by atoms with Gasteiger partial charge in [-0.25, -0.2) is 4.39 Å². The lowest BCUT2D eigenvalue weighted by atomic mass is 10.1. The maximum absolute atomic E-state index is 14.1. The third-order valence-corrected chi connectivity index (χ3v) is 5.25. The van der Waals surface area contributed by atoms with Crippen LogP contribution in [0.3, 0.4) is 0 Å². The summed E-state index contributed by atoms with van der Waals surface area (Å²) in [5, 5.41) is 0. The Morgan fingerprint density at radius 1 is 1.24 bits per heavy atom. The number of hydrogen-bond acceptors (Lipinski definition) is 3. The molecule has 0 saturated carbocycles. The molecule has 0 heterocycles. The first-order chi connectivity index (χ1) is 10.1. The third-order valence-electron chi connectivity index (χ3n) is 3.03. The smallest absolute Gasteiger partial charge is 0.168 e. The summed E-state index contributed by atoms with van der Waals surface area (Å²) in [4.78, 5) is 1.14. The zero-order valence-corrected chi connectivity index (χ0v) is 14.1. The number of nitrogens with two attached hydrogens (primary N) is 1. The van der Waals surface area contributed by atoms with Crippen LogP contribution in [0.4, 0.5) is 4.39 Å². The van der Waals surface area contributed by atoms with Crippen molar-refractivity contribution in [3.8, 4) is 5.75 Å². The van der Waals surface area contributed by atoms with Gasteiger partial charge in [0.2, 0.25) is 0 Å². The number of rotatable bonds is 6. The summed E-state index contributed by atoms with van der Waals surface area (Å²) in [5.74, 6) is 0.665. The number of methoxy groups -OCH3 is 1. The molecule has 0 aromatic heterocycles. The highest BCUT2D eigenvalue weighted by molar-refractivity contribution is 9.10. The van der Waals surface area contributed by atoms with Gasteiger partial charge in [0.25, 0.3) is 0 Å². The molecule has 0 aliphatic carbocycles. The predicted octanol–water partition coefficient (Wildman–Crippen LogP) is 4.26. The van der Waals surface area contributed by atoms with E-state index in [-0.39, 0.29) is 17.6 Å². The van der Waals surface area contributed by atoms with E-state index < -0.39 is 0 Å². The van der Waals surface area contributed by atoms with E-state index in [9.17, 15) is 4.39 Å². The molecule has 0 spiro atoms. The quantitative estimate of drug-likeness (QED) is 0.772. The highest BCUT2D eigenvalue weighted by Crippen LogP contribution is 2.28. The van der Waals surface area contributed by atoms with E-state index >= 15 is 0 Å². The van der Waals surface area contributed by atoms with Crippen LogP contribution in [0.2, 0.25) is 0 Å². The summed E-state index contributed by atoms with van der Waals surface area (Å²) in [6.07, 6.45) is 0.487. The molecule has 0 amide bonds. The van der Waals surface area contributed by atoms with E-state index in [0.29, 0.717) is 12.0 Å². The van der Waals surface area contributed by atoms with Crippen LogP contribution in [0, 0.1) is 5.82 Å². The molecule has 1 unspecified atom stereocenters. The zero-order valence-electron chi connectivity index (χ0n) is 11.7. The Morgan fingerprint density at radius 2 is 2.00 bits per heavy atom. The molecule has 0 aliphatic heterocycles. The molecule has 2 nitrogen and oxygen atoms in total. The zero-order chi connectivity index (χ0) is 15.2. The summed E-state index contributed by atoms with van der Waals surface area (Å²) in [6, 6.07) is 13.0. The topological polar surface area (TPSA) is 35.2 Å². The molecule has 0 radical (unpaired) electrons. The summed E-state index contributed by atoms with van der Waals surface area (Å²) in [6.45, 7) is 0. The van der Waals surface area contributed by atoms with Gasteiger partial charge in [0.1, 0.15) is 0 Å². The molecule has 0 aliphatic rings. The van der Waals surface area contributed by atoms with Crippen molar-refractivity contribution in [2.24, 2.45) is 5.73 Å². The molecule has 0 saturated heterocycles. The molecular weight excluding hydrogens is 353 g/mol. The Hall–Kier alpha value is -1.04. The van der Waals surface area contributed by atoms with Crippen molar-refractivity contribution >= 4 is 27.7 Å². The van der Waals surface area contributed by atoms with Gasteiger partial charge in [0.15, 0.2) is 11.6 Å². The van der Waals surface area contributed by atoms with E-state index in [1.807, 2.05) is 24.3 Å². The molecule has 2 aromatic rings. The van der Waals surface area contributed by atoms with Crippen LogP contribution in [0.1, 0.15) is 5.56 Å². The van der Waals surface area contributed by atoms with Crippen molar-refractivity contribution in [2.45, 2.75) is 17.4 Å². The molecule has 0 bridgehead atoms. The first kappa shape index (κ1) is 16.3. The fourth-order valence-corrected chi connectivity index (χ4v) is 3.49. The van der Waals surface area contributed by atoms with Gasteiger partial charge in [0, 0.05) is 21.2 Å². The summed E-state index contributed by atoms with van der Waals surface area (Å²) < 4.78 is 20.1. The number of benzene rings is 2. The van der Waals surface area contributed by atoms with Gasteiger partial charge in [-0.3, -0.25) is 0 Å². The minimum absolute atomic E-state index is 0.122. The molecule has 1 atom stereocenters. The Kier molecular flexibility index (Phi) is 6.08. The summed E-state index contributed by atoms with van der Waals surface area (Å²) >= 11 is 5.17. The fourth-order valence-electron chi connectivity index (χ4n) is 1.97. The van der Waals surface area contributed by atoms with E-state index in [1.54, 1.807) is 30.0 Å². The average Bonchev–Trinajstić information content (AvgIpc) is 2.48. The van der Waals surface area contributed by atoms with Crippen molar-refractivity contribution in [3.63, 3.8) is 0 Å². The van der Waals surface area contributed by atoms with Crippen molar-refractivity contribution in [2.75, 3.05) is 12.9 Å². The van der Waals surface area contributed by atoms with E-state index in [1.165, 1.54) is 7.11 Å². The molecule has 2 N–H and O–H groups in total. The number of thioether (sulfide) groups is 1. The largest absolute Gasteiger partial charge is 0.494 e. The maximum atomic E-state index is 14.1. The van der Waals surface area contributed by atoms with Crippen LogP contribution in [0.25, 0.3) is 0 Å². The normalized spacial score (nSPS) is 12.2. The molecule has 2 aromatic carbocycles. The van der Waals surface area contributed by atoms with E-state index in [0.717, 1.165) is 15.1 Å². The molecule has 2 rings (SSSR count). The van der Waals surface area contributed by atoms with Gasteiger partial charge in [-0.2, -0.15) is 0 Å². The second-order valence-electron chi connectivity index (χ2n) is 4.64. The molecule has 5 heteroatoms. The Labute approximate surface area is 137 Å². The lowest BCUT2D eigenvalue weighted by molar-refractivity contribution is 0.383. The number of hydrogen-bond donors (Lipinski definition) is 1.